The van der Waals surface area contributed by atoms with Gasteiger partial charge in [-0.1, -0.05) is 30.3 Å². The quantitative estimate of drug-likeness (QED) is 0.566. The smallest absolute Gasteiger partial charge is 0.244 e. The standard InChI is InChI=1S/C20H22N2O5S/c1-26-19-11-16(7-8-18(19)27-13-15-5-3-2-4-6-15)12-21-22-20(23)17-9-10-28(24,25)14-17/h2-8,11-12,17H,9-10,13-14H2,1H3,(H,22,23)/b21-12-/t17-/m1/s1. The summed E-state index contributed by atoms with van der Waals surface area (Å²) in [6.45, 7) is 0.422. The van der Waals surface area contributed by atoms with Crippen LogP contribution in [0.3, 0.4) is 0 Å². The molecule has 0 bridgehead atoms. The van der Waals surface area contributed by atoms with Crippen molar-refractivity contribution >= 4 is 22.0 Å². The number of sulfone groups is 1. The molecule has 1 amide bonds. The number of benzene rings is 2. The first-order chi connectivity index (χ1) is 13.5. The molecule has 28 heavy (non-hydrogen) atoms. The summed E-state index contributed by atoms with van der Waals surface area (Å²) < 4.78 is 34.1. The minimum absolute atomic E-state index is 0.0520. The molecule has 3 rings (SSSR count). The molecule has 1 fully saturated rings. The molecule has 7 nitrogen and oxygen atoms in total. The monoisotopic (exact) mass is 402 g/mol. The van der Waals surface area contributed by atoms with Crippen molar-refractivity contribution < 1.29 is 22.7 Å². The highest BCUT2D eigenvalue weighted by molar-refractivity contribution is 7.91. The molecule has 1 N–H and O–H groups in total. The molecule has 0 aliphatic carbocycles. The summed E-state index contributed by atoms with van der Waals surface area (Å²) in [5.74, 6) is 0.167. The highest BCUT2D eigenvalue weighted by Crippen LogP contribution is 2.28. The average molecular weight is 402 g/mol. The normalized spacial score (nSPS) is 18.1. The summed E-state index contributed by atoms with van der Waals surface area (Å²) in [6, 6.07) is 15.1. The third-order valence-corrected chi connectivity index (χ3v) is 6.18. The Hall–Kier alpha value is -2.87. The zero-order valence-corrected chi connectivity index (χ0v) is 16.3. The first-order valence-corrected chi connectivity index (χ1v) is 10.7. The highest BCUT2D eigenvalue weighted by atomic mass is 32.2. The maximum Gasteiger partial charge on any atom is 0.244 e. The second-order valence-electron chi connectivity index (χ2n) is 6.52. The van der Waals surface area contributed by atoms with Gasteiger partial charge in [-0.05, 0) is 35.7 Å². The maximum atomic E-state index is 12.0. The lowest BCUT2D eigenvalue weighted by atomic mass is 10.1. The molecule has 1 aliphatic heterocycles. The van der Waals surface area contributed by atoms with Gasteiger partial charge in [-0.3, -0.25) is 4.79 Å². The van der Waals surface area contributed by atoms with E-state index in [-0.39, 0.29) is 17.4 Å². The van der Waals surface area contributed by atoms with Crippen LogP contribution in [-0.2, 0) is 21.2 Å². The van der Waals surface area contributed by atoms with E-state index in [4.69, 9.17) is 9.47 Å². The van der Waals surface area contributed by atoms with Gasteiger partial charge >= 0.3 is 0 Å². The van der Waals surface area contributed by atoms with Crippen LogP contribution >= 0.6 is 0 Å². The van der Waals surface area contributed by atoms with Crippen LogP contribution in [0.15, 0.2) is 53.6 Å². The fourth-order valence-electron chi connectivity index (χ4n) is 2.88. The number of hydrazone groups is 1. The van der Waals surface area contributed by atoms with Crippen LogP contribution in [-0.4, -0.2) is 39.2 Å². The van der Waals surface area contributed by atoms with Crippen LogP contribution in [0.4, 0.5) is 0 Å². The minimum atomic E-state index is -3.10. The topological polar surface area (TPSA) is 94.1 Å². The molecule has 1 saturated heterocycles. The summed E-state index contributed by atoms with van der Waals surface area (Å²) in [5.41, 5.74) is 4.16. The third kappa shape index (κ3) is 5.32. The zero-order valence-electron chi connectivity index (χ0n) is 15.5. The van der Waals surface area contributed by atoms with Gasteiger partial charge in [0.2, 0.25) is 5.91 Å². The van der Waals surface area contributed by atoms with E-state index in [0.29, 0.717) is 30.1 Å². The van der Waals surface area contributed by atoms with Crippen molar-refractivity contribution in [3.05, 3.63) is 59.7 Å². The molecule has 1 aliphatic rings. The number of hydrogen-bond donors (Lipinski definition) is 1. The van der Waals surface area contributed by atoms with Gasteiger partial charge in [0.1, 0.15) is 6.61 Å². The van der Waals surface area contributed by atoms with E-state index in [1.54, 1.807) is 25.3 Å². The summed E-state index contributed by atoms with van der Waals surface area (Å²) in [4.78, 5) is 12.0. The van der Waals surface area contributed by atoms with Crippen LogP contribution in [0.5, 0.6) is 11.5 Å². The Kier molecular flexibility index (Phi) is 6.30. The number of amides is 1. The molecule has 8 heteroatoms. The average Bonchev–Trinajstić information content (AvgIpc) is 3.07. The van der Waals surface area contributed by atoms with Crippen molar-refractivity contribution in [2.45, 2.75) is 13.0 Å². The molecule has 0 aromatic heterocycles. The predicted octanol–water partition coefficient (Wildman–Crippen LogP) is 2.16. The summed E-state index contributed by atoms with van der Waals surface area (Å²) in [7, 11) is -1.55. The number of carbonyl (C=O) groups is 1. The Balaban J connectivity index is 1.58. The first kappa shape index (κ1) is 19.9. The van der Waals surface area contributed by atoms with E-state index in [1.165, 1.54) is 6.21 Å². The molecular formula is C20H22N2O5S. The van der Waals surface area contributed by atoms with Crippen molar-refractivity contribution in [3.8, 4) is 11.5 Å². The fourth-order valence-corrected chi connectivity index (χ4v) is 4.62. The van der Waals surface area contributed by atoms with Gasteiger partial charge in [-0.2, -0.15) is 5.10 Å². The van der Waals surface area contributed by atoms with E-state index >= 15 is 0 Å². The molecule has 1 atom stereocenters. The van der Waals surface area contributed by atoms with Crippen LogP contribution in [0.1, 0.15) is 17.5 Å². The molecule has 148 valence electrons. The van der Waals surface area contributed by atoms with Crippen molar-refractivity contribution in [2.24, 2.45) is 11.0 Å². The van der Waals surface area contributed by atoms with Gasteiger partial charge in [0.05, 0.1) is 30.7 Å². The Bertz CT molecular complexity index is 958. The van der Waals surface area contributed by atoms with E-state index in [2.05, 4.69) is 10.5 Å². The third-order valence-electron chi connectivity index (χ3n) is 4.42. The summed E-state index contributed by atoms with van der Waals surface area (Å²) >= 11 is 0. The van der Waals surface area contributed by atoms with Gasteiger partial charge in [-0.15, -0.1) is 0 Å². The van der Waals surface area contributed by atoms with Crippen LogP contribution in [0.2, 0.25) is 0 Å². The van der Waals surface area contributed by atoms with Crippen molar-refractivity contribution in [1.82, 2.24) is 5.43 Å². The Morgan fingerprint density at radius 1 is 1.21 bits per heavy atom. The largest absolute Gasteiger partial charge is 0.493 e. The second-order valence-corrected chi connectivity index (χ2v) is 8.75. The molecule has 0 saturated carbocycles. The van der Waals surface area contributed by atoms with E-state index in [1.807, 2.05) is 30.3 Å². The number of hydrogen-bond acceptors (Lipinski definition) is 6. The van der Waals surface area contributed by atoms with Crippen LogP contribution in [0.25, 0.3) is 0 Å². The lowest BCUT2D eigenvalue weighted by molar-refractivity contribution is -0.124. The lowest BCUT2D eigenvalue weighted by Gasteiger charge is -2.11. The number of rotatable bonds is 7. The fraction of sp³-hybridized carbons (Fsp3) is 0.300. The van der Waals surface area contributed by atoms with Gasteiger partial charge in [0, 0.05) is 0 Å². The summed E-state index contributed by atoms with van der Waals surface area (Å²) in [6.07, 6.45) is 1.82. The van der Waals surface area contributed by atoms with Gasteiger partial charge in [0.15, 0.2) is 21.3 Å². The predicted molar refractivity (Wildman–Crippen MR) is 106 cm³/mol. The van der Waals surface area contributed by atoms with Crippen LogP contribution < -0.4 is 14.9 Å². The minimum Gasteiger partial charge on any atom is -0.493 e. The van der Waals surface area contributed by atoms with Crippen LogP contribution in [0, 0.1) is 5.92 Å². The van der Waals surface area contributed by atoms with Gasteiger partial charge < -0.3 is 9.47 Å². The Labute approximate surface area is 164 Å². The Morgan fingerprint density at radius 2 is 2.00 bits per heavy atom. The molecular weight excluding hydrogens is 380 g/mol. The zero-order chi connectivity index (χ0) is 20.0. The number of nitrogens with one attached hydrogen (secondary N) is 1. The van der Waals surface area contributed by atoms with Crippen molar-refractivity contribution in [1.29, 1.82) is 0 Å². The number of carbonyl (C=O) groups excluding carboxylic acids is 1. The summed E-state index contributed by atoms with van der Waals surface area (Å²) in [5, 5.41) is 3.92. The molecule has 1 heterocycles. The number of ether oxygens (including phenoxy) is 2. The lowest BCUT2D eigenvalue weighted by Crippen LogP contribution is -2.27. The highest BCUT2D eigenvalue weighted by Gasteiger charge is 2.32. The van der Waals surface area contributed by atoms with E-state index in [0.717, 1.165) is 5.56 Å². The van der Waals surface area contributed by atoms with Crippen molar-refractivity contribution in [2.75, 3.05) is 18.6 Å². The van der Waals surface area contributed by atoms with Gasteiger partial charge in [-0.25, -0.2) is 13.8 Å². The molecule has 0 radical (unpaired) electrons. The van der Waals surface area contributed by atoms with E-state index in [9.17, 15) is 13.2 Å². The number of methoxy groups -OCH3 is 1. The van der Waals surface area contributed by atoms with Gasteiger partial charge in [0.25, 0.3) is 0 Å². The molecule has 0 unspecified atom stereocenters. The molecule has 0 spiro atoms. The van der Waals surface area contributed by atoms with E-state index < -0.39 is 15.8 Å². The number of nitrogens with zero attached hydrogens (tertiary/aromatic N) is 1. The first-order valence-electron chi connectivity index (χ1n) is 8.85. The molecule has 2 aromatic rings. The Morgan fingerprint density at radius 3 is 2.68 bits per heavy atom. The SMILES string of the molecule is COc1cc(/C=N\NC(=O)[C@@H]2CCS(=O)(=O)C2)ccc1OCc1ccccc1. The second kappa shape index (κ2) is 8.88. The maximum absolute atomic E-state index is 12.0. The molecule has 2 aromatic carbocycles. The van der Waals surface area contributed by atoms with Crippen molar-refractivity contribution in [3.63, 3.8) is 0 Å².